The van der Waals surface area contributed by atoms with Crippen molar-refractivity contribution < 1.29 is 24.1 Å². The Hall–Kier alpha value is -1.66. The third-order valence-corrected chi connectivity index (χ3v) is 3.10. The van der Waals surface area contributed by atoms with Gasteiger partial charge in [-0.25, -0.2) is 0 Å². The number of carboxylic acids is 1. The minimum Gasteiger partial charge on any atom is -0.495 e. The first-order valence-electron chi connectivity index (χ1n) is 5.68. The summed E-state index contributed by atoms with van der Waals surface area (Å²) in [5, 5.41) is 9.05. The monoisotopic (exact) mass is 287 g/mol. The van der Waals surface area contributed by atoms with E-state index in [0.29, 0.717) is 36.0 Å². The van der Waals surface area contributed by atoms with E-state index in [4.69, 9.17) is 36.7 Å². The summed E-state index contributed by atoms with van der Waals surface area (Å²) in [6.07, 6.45) is -0.230. The first kappa shape index (κ1) is 13.8. The molecule has 0 aliphatic carbocycles. The maximum absolute atomic E-state index is 10.7. The zero-order valence-electron chi connectivity index (χ0n) is 10.3. The van der Waals surface area contributed by atoms with Crippen molar-refractivity contribution in [3.8, 4) is 17.2 Å². The Kier molecular flexibility index (Phi) is 4.01. The van der Waals surface area contributed by atoms with Crippen molar-refractivity contribution in [1.82, 2.24) is 0 Å². The lowest BCUT2D eigenvalue weighted by Gasteiger charge is -2.24. The molecule has 1 aromatic rings. The molecule has 0 saturated carbocycles. The molecule has 1 unspecified atom stereocenters. The van der Waals surface area contributed by atoms with Gasteiger partial charge in [0.2, 0.25) is 0 Å². The number of nitrogens with two attached hydrogens (primary N) is 1. The second-order valence-corrected chi connectivity index (χ2v) is 4.42. The molecule has 1 aromatic carbocycles. The van der Waals surface area contributed by atoms with E-state index in [2.05, 4.69) is 0 Å². The van der Waals surface area contributed by atoms with Gasteiger partial charge in [0.25, 0.3) is 0 Å². The van der Waals surface area contributed by atoms with Gasteiger partial charge in [0, 0.05) is 11.6 Å². The van der Waals surface area contributed by atoms with Gasteiger partial charge in [0.15, 0.2) is 11.5 Å². The lowest BCUT2D eigenvalue weighted by atomic mass is 10.0. The van der Waals surface area contributed by atoms with Gasteiger partial charge in [0.05, 0.1) is 13.5 Å². The molecule has 7 heteroatoms. The number of carboxylic acid groups (broad SMARTS) is 1. The van der Waals surface area contributed by atoms with Gasteiger partial charge in [-0.2, -0.15) is 0 Å². The lowest BCUT2D eigenvalue weighted by molar-refractivity contribution is -0.137. The summed E-state index contributed by atoms with van der Waals surface area (Å²) in [7, 11) is 1.44. The molecular formula is C12H14ClNO5. The van der Waals surface area contributed by atoms with Crippen LogP contribution in [0.15, 0.2) is 6.07 Å². The number of carbonyl (C=O) groups is 1. The van der Waals surface area contributed by atoms with E-state index in [1.807, 2.05) is 0 Å². The van der Waals surface area contributed by atoms with Crippen LogP contribution in [0, 0.1) is 0 Å². The molecule has 3 N–H and O–H groups in total. The summed E-state index contributed by atoms with van der Waals surface area (Å²) in [5.41, 5.74) is 6.34. The fourth-order valence-electron chi connectivity index (χ4n) is 1.93. The summed E-state index contributed by atoms with van der Waals surface area (Å²) in [5.74, 6) is 0.171. The molecule has 0 saturated heterocycles. The van der Waals surface area contributed by atoms with Gasteiger partial charge < -0.3 is 25.1 Å². The van der Waals surface area contributed by atoms with E-state index in [-0.39, 0.29) is 11.4 Å². The normalized spacial score (nSPS) is 14.9. The number of aliphatic carboxylic acids is 1. The average Bonchev–Trinajstić information content (AvgIpc) is 2.38. The summed E-state index contributed by atoms with van der Waals surface area (Å²) >= 11 is 6.18. The van der Waals surface area contributed by atoms with Crippen molar-refractivity contribution in [1.29, 1.82) is 0 Å². The Bertz CT molecular complexity index is 505. The van der Waals surface area contributed by atoms with E-state index < -0.39 is 12.0 Å². The van der Waals surface area contributed by atoms with Crippen molar-refractivity contribution in [3.63, 3.8) is 0 Å². The molecule has 0 bridgehead atoms. The topological polar surface area (TPSA) is 91.0 Å². The van der Waals surface area contributed by atoms with Crippen LogP contribution in [0.1, 0.15) is 18.0 Å². The first-order chi connectivity index (χ1) is 9.04. The predicted octanol–water partition coefficient (Wildman–Crippen LogP) is 1.59. The van der Waals surface area contributed by atoms with E-state index in [0.717, 1.165) is 0 Å². The second-order valence-electron chi connectivity index (χ2n) is 4.04. The predicted molar refractivity (Wildman–Crippen MR) is 68.2 cm³/mol. The molecule has 2 rings (SSSR count). The summed E-state index contributed by atoms with van der Waals surface area (Å²) in [6, 6.07) is 0.882. The fraction of sp³-hybridized carbons (Fsp3) is 0.417. The van der Waals surface area contributed by atoms with Crippen LogP contribution in [-0.4, -0.2) is 31.4 Å². The number of fused-ring (bicyclic) bond motifs is 1. The molecule has 0 amide bonds. The molecule has 0 fully saturated rings. The van der Waals surface area contributed by atoms with Crippen LogP contribution >= 0.6 is 11.6 Å². The smallest absolute Gasteiger partial charge is 0.305 e. The Morgan fingerprint density at radius 2 is 2.26 bits per heavy atom. The fourth-order valence-corrected chi connectivity index (χ4v) is 2.26. The first-order valence-corrected chi connectivity index (χ1v) is 6.05. The Labute approximate surface area is 115 Å². The largest absolute Gasteiger partial charge is 0.495 e. The van der Waals surface area contributed by atoms with E-state index in [1.54, 1.807) is 6.07 Å². The van der Waals surface area contributed by atoms with Crippen LogP contribution in [0.5, 0.6) is 17.2 Å². The van der Waals surface area contributed by atoms with Gasteiger partial charge in [-0.15, -0.1) is 0 Å². The molecule has 0 radical (unpaired) electrons. The number of halogens is 1. The molecule has 1 heterocycles. The number of hydrogen-bond donors (Lipinski definition) is 2. The van der Waals surface area contributed by atoms with Gasteiger partial charge >= 0.3 is 5.97 Å². The number of methoxy groups -OCH3 is 1. The summed E-state index contributed by atoms with van der Waals surface area (Å²) in [6.45, 7) is 0.805. The molecule has 19 heavy (non-hydrogen) atoms. The maximum Gasteiger partial charge on any atom is 0.305 e. The molecule has 1 atom stereocenters. The average molecular weight is 288 g/mol. The van der Waals surface area contributed by atoms with Gasteiger partial charge in [-0.1, -0.05) is 11.6 Å². The molecule has 0 spiro atoms. The SMILES string of the molecule is COc1c(C(N)CC(=O)O)cc2c(c1Cl)OCCO2. The minimum absolute atomic E-state index is 0.230. The molecule has 104 valence electrons. The molecule has 1 aliphatic heterocycles. The minimum atomic E-state index is -0.999. The highest BCUT2D eigenvalue weighted by Crippen LogP contribution is 2.47. The highest BCUT2D eigenvalue weighted by Gasteiger charge is 2.26. The Balaban J connectivity index is 2.47. The van der Waals surface area contributed by atoms with Crippen molar-refractivity contribution in [2.45, 2.75) is 12.5 Å². The highest BCUT2D eigenvalue weighted by molar-refractivity contribution is 6.34. The zero-order valence-corrected chi connectivity index (χ0v) is 11.1. The quantitative estimate of drug-likeness (QED) is 0.874. The summed E-state index contributed by atoms with van der Waals surface area (Å²) < 4.78 is 16.1. The van der Waals surface area contributed by atoms with Crippen LogP contribution in [0.3, 0.4) is 0 Å². The van der Waals surface area contributed by atoms with Crippen molar-refractivity contribution >= 4 is 17.6 Å². The van der Waals surface area contributed by atoms with Crippen LogP contribution < -0.4 is 19.9 Å². The Morgan fingerprint density at radius 1 is 1.58 bits per heavy atom. The highest BCUT2D eigenvalue weighted by atomic mass is 35.5. The molecule has 0 aromatic heterocycles. The van der Waals surface area contributed by atoms with Gasteiger partial charge in [-0.3, -0.25) is 4.79 Å². The van der Waals surface area contributed by atoms with E-state index in [1.165, 1.54) is 7.11 Å². The third kappa shape index (κ3) is 2.69. The molecular weight excluding hydrogens is 274 g/mol. The van der Waals surface area contributed by atoms with Gasteiger partial charge in [0.1, 0.15) is 24.0 Å². The molecule has 1 aliphatic rings. The van der Waals surface area contributed by atoms with Crippen LogP contribution in [0.2, 0.25) is 5.02 Å². The Morgan fingerprint density at radius 3 is 2.89 bits per heavy atom. The maximum atomic E-state index is 10.7. The standard InChI is InChI=1S/C12H14ClNO5/c1-17-11-6(7(14)5-9(15)16)4-8-12(10(11)13)19-3-2-18-8/h4,7H,2-3,5,14H2,1H3,(H,15,16). The lowest BCUT2D eigenvalue weighted by Crippen LogP contribution is -2.19. The number of hydrogen-bond acceptors (Lipinski definition) is 5. The second kappa shape index (κ2) is 5.54. The van der Waals surface area contributed by atoms with E-state index in [9.17, 15) is 4.79 Å². The van der Waals surface area contributed by atoms with Crippen molar-refractivity contribution in [3.05, 3.63) is 16.7 Å². The molecule has 6 nitrogen and oxygen atoms in total. The number of rotatable bonds is 4. The third-order valence-electron chi connectivity index (χ3n) is 2.76. The number of benzene rings is 1. The zero-order chi connectivity index (χ0) is 14.0. The van der Waals surface area contributed by atoms with Crippen molar-refractivity contribution in [2.75, 3.05) is 20.3 Å². The van der Waals surface area contributed by atoms with Crippen molar-refractivity contribution in [2.24, 2.45) is 5.73 Å². The van der Waals surface area contributed by atoms with Crippen LogP contribution in [-0.2, 0) is 4.79 Å². The van der Waals surface area contributed by atoms with Crippen LogP contribution in [0.25, 0.3) is 0 Å². The van der Waals surface area contributed by atoms with Crippen LogP contribution in [0.4, 0.5) is 0 Å². The summed E-state index contributed by atoms with van der Waals surface area (Å²) in [4.78, 5) is 10.7. The number of ether oxygens (including phenoxy) is 3. The van der Waals surface area contributed by atoms with E-state index >= 15 is 0 Å². The van der Waals surface area contributed by atoms with Gasteiger partial charge in [-0.05, 0) is 6.07 Å².